The first-order valence-electron chi connectivity index (χ1n) is 10.4. The molecule has 7 nitrogen and oxygen atoms in total. The van der Waals surface area contributed by atoms with Crippen LogP contribution in [0.25, 0.3) is 11.1 Å². The van der Waals surface area contributed by atoms with E-state index in [1.165, 1.54) is 14.0 Å². The SMILES string of the molecule is C=C(/C=C(\C)c1ccc(C(=C)C)nc1C(=O)OC(C)OC(=O)OC1CCCCC1)OC. The fourth-order valence-electron chi connectivity index (χ4n) is 3.26. The van der Waals surface area contributed by atoms with Gasteiger partial charge in [0.25, 0.3) is 0 Å². The summed E-state index contributed by atoms with van der Waals surface area (Å²) < 4.78 is 20.8. The number of nitrogens with zero attached hydrogens (tertiary/aromatic N) is 1. The molecule has 1 aromatic rings. The zero-order valence-corrected chi connectivity index (χ0v) is 18.7. The molecule has 0 amide bonds. The standard InChI is InChI=1S/C24H31NO6/c1-15(2)21-13-12-20(16(3)14-17(4)28-6)22(25-21)23(26)29-18(5)30-24(27)31-19-10-8-7-9-11-19/h12-14,18-19H,1,4,7-11H2,2-3,5-6H3/b16-14+. The van der Waals surface area contributed by atoms with Crippen LogP contribution in [0.4, 0.5) is 4.79 Å². The van der Waals surface area contributed by atoms with Crippen molar-refractivity contribution in [2.24, 2.45) is 0 Å². The van der Waals surface area contributed by atoms with Crippen LogP contribution < -0.4 is 0 Å². The van der Waals surface area contributed by atoms with Crippen molar-refractivity contribution in [3.63, 3.8) is 0 Å². The second kappa shape index (κ2) is 11.3. The minimum atomic E-state index is -1.13. The highest BCUT2D eigenvalue weighted by Crippen LogP contribution is 2.24. The molecule has 0 spiro atoms. The zero-order chi connectivity index (χ0) is 23.0. The number of allylic oxidation sites excluding steroid dienone is 3. The molecule has 1 aromatic heterocycles. The first kappa shape index (κ1) is 24.2. The predicted molar refractivity (Wildman–Crippen MR) is 118 cm³/mol. The van der Waals surface area contributed by atoms with E-state index < -0.39 is 18.4 Å². The summed E-state index contributed by atoms with van der Waals surface area (Å²) in [6, 6.07) is 3.52. The van der Waals surface area contributed by atoms with Gasteiger partial charge in [-0.3, -0.25) is 0 Å². The van der Waals surface area contributed by atoms with Crippen molar-refractivity contribution in [1.82, 2.24) is 4.98 Å². The van der Waals surface area contributed by atoms with Crippen molar-refractivity contribution in [3.05, 3.63) is 54.1 Å². The fourth-order valence-corrected chi connectivity index (χ4v) is 3.26. The molecule has 0 N–H and O–H groups in total. The van der Waals surface area contributed by atoms with Crippen LogP contribution in [0.3, 0.4) is 0 Å². The number of rotatable bonds is 8. The zero-order valence-electron chi connectivity index (χ0n) is 18.7. The van der Waals surface area contributed by atoms with Crippen molar-refractivity contribution >= 4 is 23.3 Å². The Labute approximate surface area is 183 Å². The summed E-state index contributed by atoms with van der Waals surface area (Å²) in [7, 11) is 1.51. The quantitative estimate of drug-likeness (QED) is 0.228. The van der Waals surface area contributed by atoms with Gasteiger partial charge in [-0.2, -0.15) is 0 Å². The molecule has 168 valence electrons. The van der Waals surface area contributed by atoms with Gasteiger partial charge in [-0.05, 0) is 62.8 Å². The molecule has 1 aliphatic rings. The highest BCUT2D eigenvalue weighted by atomic mass is 16.8. The first-order valence-corrected chi connectivity index (χ1v) is 10.4. The van der Waals surface area contributed by atoms with Gasteiger partial charge in [0.1, 0.15) is 11.9 Å². The first-order chi connectivity index (χ1) is 14.7. The average Bonchev–Trinajstić information content (AvgIpc) is 2.73. The summed E-state index contributed by atoms with van der Waals surface area (Å²) in [5.74, 6) is -0.296. The topological polar surface area (TPSA) is 84.0 Å². The third-order valence-corrected chi connectivity index (χ3v) is 4.94. The summed E-state index contributed by atoms with van der Waals surface area (Å²) in [4.78, 5) is 29.3. The number of pyridine rings is 1. The minimum Gasteiger partial charge on any atom is -0.497 e. The summed E-state index contributed by atoms with van der Waals surface area (Å²) in [6.07, 6.45) is 4.41. The highest BCUT2D eigenvalue weighted by Gasteiger charge is 2.24. The lowest BCUT2D eigenvalue weighted by molar-refractivity contribution is -0.0917. The van der Waals surface area contributed by atoms with E-state index in [1.54, 1.807) is 32.1 Å². The lowest BCUT2D eigenvalue weighted by Gasteiger charge is -2.22. The molecule has 0 saturated heterocycles. The minimum absolute atomic E-state index is 0.0780. The molecule has 1 saturated carbocycles. The Balaban J connectivity index is 2.13. The average molecular weight is 430 g/mol. The van der Waals surface area contributed by atoms with Gasteiger partial charge in [-0.1, -0.05) is 25.6 Å². The lowest BCUT2D eigenvalue weighted by atomic mass is 9.98. The van der Waals surface area contributed by atoms with Gasteiger partial charge < -0.3 is 18.9 Å². The normalized spacial score (nSPS) is 15.5. The maximum Gasteiger partial charge on any atom is 0.511 e. The number of hydrogen-bond donors (Lipinski definition) is 0. The summed E-state index contributed by atoms with van der Waals surface area (Å²) in [6.45, 7) is 12.7. The fraction of sp³-hybridized carbons (Fsp3) is 0.458. The van der Waals surface area contributed by atoms with Crippen LogP contribution in [-0.4, -0.2) is 36.6 Å². The Morgan fingerprint density at radius 3 is 2.42 bits per heavy atom. The number of carbonyl (C=O) groups excluding carboxylic acids is 2. The van der Waals surface area contributed by atoms with E-state index in [0.29, 0.717) is 28.2 Å². The molecule has 0 aromatic carbocycles. The molecule has 31 heavy (non-hydrogen) atoms. The van der Waals surface area contributed by atoms with E-state index in [0.717, 1.165) is 32.1 Å². The van der Waals surface area contributed by atoms with Gasteiger partial charge in [0, 0.05) is 12.5 Å². The Bertz CT molecular complexity index is 867. The third kappa shape index (κ3) is 7.27. The van der Waals surface area contributed by atoms with E-state index in [1.807, 2.05) is 0 Å². The summed E-state index contributed by atoms with van der Waals surface area (Å²) >= 11 is 0. The molecule has 0 bridgehead atoms. The Morgan fingerprint density at radius 2 is 1.81 bits per heavy atom. The molecule has 2 rings (SSSR count). The van der Waals surface area contributed by atoms with Crippen molar-refractivity contribution in [1.29, 1.82) is 0 Å². The van der Waals surface area contributed by atoms with Crippen LogP contribution in [0.5, 0.6) is 0 Å². The van der Waals surface area contributed by atoms with Crippen LogP contribution >= 0.6 is 0 Å². The number of hydrogen-bond acceptors (Lipinski definition) is 7. The van der Waals surface area contributed by atoms with Gasteiger partial charge in [-0.15, -0.1) is 0 Å². The van der Waals surface area contributed by atoms with E-state index in [9.17, 15) is 9.59 Å². The maximum absolute atomic E-state index is 12.9. The van der Waals surface area contributed by atoms with Crippen LogP contribution in [0, 0.1) is 0 Å². The van der Waals surface area contributed by atoms with E-state index in [2.05, 4.69) is 18.1 Å². The van der Waals surface area contributed by atoms with Gasteiger partial charge in [0.05, 0.1) is 12.8 Å². The number of esters is 1. The molecule has 0 aliphatic heterocycles. The largest absolute Gasteiger partial charge is 0.511 e. The molecule has 7 heteroatoms. The second-order valence-electron chi connectivity index (χ2n) is 7.59. The second-order valence-corrected chi connectivity index (χ2v) is 7.59. The molecule has 1 atom stereocenters. The molecular weight excluding hydrogens is 398 g/mol. The highest BCUT2D eigenvalue weighted by molar-refractivity contribution is 5.94. The number of carbonyl (C=O) groups is 2. The van der Waals surface area contributed by atoms with Crippen molar-refractivity contribution in [2.45, 2.75) is 65.3 Å². The smallest absolute Gasteiger partial charge is 0.497 e. The number of aromatic nitrogens is 1. The van der Waals surface area contributed by atoms with Crippen LogP contribution in [0.2, 0.25) is 0 Å². The van der Waals surface area contributed by atoms with Crippen molar-refractivity contribution in [2.75, 3.05) is 7.11 Å². The summed E-state index contributed by atoms with van der Waals surface area (Å²) in [5, 5.41) is 0. The number of methoxy groups -OCH3 is 1. The van der Waals surface area contributed by atoms with E-state index >= 15 is 0 Å². The molecule has 1 heterocycles. The Kier molecular flexibility index (Phi) is 8.85. The monoisotopic (exact) mass is 429 g/mol. The lowest BCUT2D eigenvalue weighted by Crippen LogP contribution is -2.27. The van der Waals surface area contributed by atoms with Gasteiger partial charge in [0.15, 0.2) is 5.69 Å². The van der Waals surface area contributed by atoms with E-state index in [4.69, 9.17) is 18.9 Å². The van der Waals surface area contributed by atoms with Crippen molar-refractivity contribution < 1.29 is 28.5 Å². The van der Waals surface area contributed by atoms with Crippen molar-refractivity contribution in [3.8, 4) is 0 Å². The van der Waals surface area contributed by atoms with Crippen LogP contribution in [-0.2, 0) is 18.9 Å². The maximum atomic E-state index is 12.9. The summed E-state index contributed by atoms with van der Waals surface area (Å²) in [5.41, 5.74) is 2.59. The predicted octanol–water partition coefficient (Wildman–Crippen LogP) is 5.67. The van der Waals surface area contributed by atoms with Gasteiger partial charge >= 0.3 is 12.1 Å². The van der Waals surface area contributed by atoms with Crippen LogP contribution in [0.1, 0.15) is 74.6 Å². The molecule has 1 unspecified atom stereocenters. The van der Waals surface area contributed by atoms with Gasteiger partial charge in [-0.25, -0.2) is 14.6 Å². The van der Waals surface area contributed by atoms with E-state index in [-0.39, 0.29) is 11.8 Å². The Morgan fingerprint density at radius 1 is 1.13 bits per heavy atom. The van der Waals surface area contributed by atoms with Gasteiger partial charge in [0.2, 0.25) is 6.29 Å². The number of ether oxygens (including phenoxy) is 4. The molecular formula is C24H31NO6. The molecule has 0 radical (unpaired) electrons. The molecule has 1 fully saturated rings. The molecule has 1 aliphatic carbocycles. The van der Waals surface area contributed by atoms with Crippen LogP contribution in [0.15, 0.2) is 37.1 Å². The Hall–Kier alpha value is -3.09. The third-order valence-electron chi connectivity index (χ3n) is 4.94.